The summed E-state index contributed by atoms with van der Waals surface area (Å²) < 4.78 is 11.7. The number of imidazole rings is 1. The minimum atomic E-state index is -0.546. The van der Waals surface area contributed by atoms with Gasteiger partial charge < -0.3 is 15.2 Å². The number of nitrogens with zero attached hydrogens (tertiary/aromatic N) is 2. The number of rotatable bonds is 4. The molecular formula is C14H17N3O3. The third-order valence-electron chi connectivity index (χ3n) is 2.87. The fraction of sp³-hybridized carbons (Fsp3) is 0.286. The molecule has 0 bridgehead atoms. The summed E-state index contributed by atoms with van der Waals surface area (Å²) in [6.07, 6.45) is 0. The number of hydrogen-bond donors (Lipinski definition) is 1. The molecule has 0 unspecified atom stereocenters. The summed E-state index contributed by atoms with van der Waals surface area (Å²) in [5.74, 6) is 1.11. The third kappa shape index (κ3) is 2.45. The average molecular weight is 275 g/mol. The van der Waals surface area contributed by atoms with Crippen LogP contribution in [-0.4, -0.2) is 29.2 Å². The second-order valence-corrected chi connectivity index (χ2v) is 4.15. The normalized spacial score (nSPS) is 10.3. The number of hydrogen-bond acceptors (Lipinski definition) is 5. The first-order valence-corrected chi connectivity index (χ1v) is 6.24. The highest BCUT2D eigenvalue weighted by Crippen LogP contribution is 2.23. The lowest BCUT2D eigenvalue weighted by Crippen LogP contribution is -2.07. The van der Waals surface area contributed by atoms with Crippen LogP contribution in [0.2, 0.25) is 0 Å². The number of nitrogen functional groups attached to an aromatic ring is 1. The Labute approximate surface area is 117 Å². The van der Waals surface area contributed by atoms with Crippen LogP contribution in [0.15, 0.2) is 24.3 Å². The Balaban J connectivity index is 2.42. The molecule has 0 atom stereocenters. The molecule has 0 saturated heterocycles. The van der Waals surface area contributed by atoms with E-state index in [9.17, 15) is 4.79 Å². The lowest BCUT2D eigenvalue weighted by Gasteiger charge is -2.09. The smallest absolute Gasteiger partial charge is 0.360 e. The predicted octanol–water partition coefficient (Wildman–Crippen LogP) is 1.95. The molecule has 2 N–H and O–H groups in total. The Morgan fingerprint density at radius 1 is 1.35 bits per heavy atom. The van der Waals surface area contributed by atoms with Gasteiger partial charge in [0.1, 0.15) is 17.4 Å². The fourth-order valence-corrected chi connectivity index (χ4v) is 1.98. The second-order valence-electron chi connectivity index (χ2n) is 4.15. The Hall–Kier alpha value is -2.50. The van der Waals surface area contributed by atoms with Gasteiger partial charge in [0.25, 0.3) is 0 Å². The van der Waals surface area contributed by atoms with Gasteiger partial charge in [0.05, 0.1) is 13.7 Å². The zero-order chi connectivity index (χ0) is 14.7. The standard InChI is InChI=1S/C14H17N3O3/c1-4-20-11-7-5-10(6-8-11)17-9(2)16-12(13(17)15)14(18)19-3/h5-8H,4,15H2,1-3H3. The molecule has 0 fully saturated rings. The van der Waals surface area contributed by atoms with Gasteiger partial charge in [-0.05, 0) is 38.1 Å². The minimum Gasteiger partial charge on any atom is -0.494 e. The largest absolute Gasteiger partial charge is 0.494 e. The molecular weight excluding hydrogens is 258 g/mol. The molecule has 106 valence electrons. The van der Waals surface area contributed by atoms with E-state index >= 15 is 0 Å². The van der Waals surface area contributed by atoms with Crippen LogP contribution in [0.5, 0.6) is 5.75 Å². The summed E-state index contributed by atoms with van der Waals surface area (Å²) >= 11 is 0. The van der Waals surface area contributed by atoms with E-state index in [4.69, 9.17) is 10.5 Å². The van der Waals surface area contributed by atoms with Crippen LogP contribution in [0, 0.1) is 6.92 Å². The number of anilines is 1. The van der Waals surface area contributed by atoms with Crippen molar-refractivity contribution in [2.24, 2.45) is 0 Å². The zero-order valence-corrected chi connectivity index (χ0v) is 11.7. The van der Waals surface area contributed by atoms with E-state index in [1.807, 2.05) is 31.2 Å². The number of ether oxygens (including phenoxy) is 2. The van der Waals surface area contributed by atoms with Crippen molar-refractivity contribution in [3.05, 3.63) is 35.8 Å². The lowest BCUT2D eigenvalue weighted by molar-refractivity contribution is 0.0596. The predicted molar refractivity (Wildman–Crippen MR) is 75.2 cm³/mol. The molecule has 0 aliphatic rings. The Kier molecular flexibility index (Phi) is 3.93. The molecule has 0 radical (unpaired) electrons. The van der Waals surface area contributed by atoms with Crippen molar-refractivity contribution < 1.29 is 14.3 Å². The highest BCUT2D eigenvalue weighted by atomic mass is 16.5. The second kappa shape index (κ2) is 5.64. The third-order valence-corrected chi connectivity index (χ3v) is 2.87. The molecule has 20 heavy (non-hydrogen) atoms. The molecule has 6 nitrogen and oxygen atoms in total. The maximum atomic E-state index is 11.6. The maximum absolute atomic E-state index is 11.6. The van der Waals surface area contributed by atoms with Gasteiger partial charge in [0.2, 0.25) is 0 Å². The topological polar surface area (TPSA) is 79.4 Å². The molecule has 0 spiro atoms. The molecule has 6 heteroatoms. The summed E-state index contributed by atoms with van der Waals surface area (Å²) in [6.45, 7) is 4.31. The van der Waals surface area contributed by atoms with Gasteiger partial charge in [0, 0.05) is 5.69 Å². The first kappa shape index (κ1) is 13.9. The van der Waals surface area contributed by atoms with Gasteiger partial charge >= 0.3 is 5.97 Å². The van der Waals surface area contributed by atoms with Crippen LogP contribution >= 0.6 is 0 Å². The molecule has 0 aliphatic carbocycles. The fourth-order valence-electron chi connectivity index (χ4n) is 1.98. The Bertz CT molecular complexity index is 617. The van der Waals surface area contributed by atoms with Crippen molar-refractivity contribution >= 4 is 11.8 Å². The number of benzene rings is 1. The monoisotopic (exact) mass is 275 g/mol. The molecule has 1 heterocycles. The maximum Gasteiger partial charge on any atom is 0.360 e. The van der Waals surface area contributed by atoms with Crippen LogP contribution in [0.25, 0.3) is 5.69 Å². The van der Waals surface area contributed by atoms with E-state index in [0.717, 1.165) is 11.4 Å². The van der Waals surface area contributed by atoms with Crippen molar-refractivity contribution in [3.63, 3.8) is 0 Å². The first-order chi connectivity index (χ1) is 9.58. The van der Waals surface area contributed by atoms with Crippen LogP contribution in [0.3, 0.4) is 0 Å². The van der Waals surface area contributed by atoms with E-state index in [2.05, 4.69) is 9.72 Å². The summed E-state index contributed by atoms with van der Waals surface area (Å²) in [6, 6.07) is 7.40. The molecule has 1 aromatic carbocycles. The SMILES string of the molecule is CCOc1ccc(-n2c(C)nc(C(=O)OC)c2N)cc1. The summed E-state index contributed by atoms with van der Waals surface area (Å²) in [5, 5.41) is 0. The van der Waals surface area contributed by atoms with Crippen LogP contribution in [0.1, 0.15) is 23.2 Å². The van der Waals surface area contributed by atoms with Gasteiger partial charge in [-0.25, -0.2) is 9.78 Å². The van der Waals surface area contributed by atoms with Gasteiger partial charge in [-0.2, -0.15) is 0 Å². The zero-order valence-electron chi connectivity index (χ0n) is 11.7. The van der Waals surface area contributed by atoms with E-state index < -0.39 is 5.97 Å². The van der Waals surface area contributed by atoms with Crippen LogP contribution in [0.4, 0.5) is 5.82 Å². The number of carbonyl (C=O) groups is 1. The summed E-state index contributed by atoms with van der Waals surface area (Å²) in [5.41, 5.74) is 6.91. The van der Waals surface area contributed by atoms with Crippen molar-refractivity contribution in [2.45, 2.75) is 13.8 Å². The number of methoxy groups -OCH3 is 1. The first-order valence-electron chi connectivity index (χ1n) is 6.24. The number of aromatic nitrogens is 2. The Morgan fingerprint density at radius 2 is 2.00 bits per heavy atom. The van der Waals surface area contributed by atoms with E-state index in [1.54, 1.807) is 11.5 Å². The molecule has 0 amide bonds. The van der Waals surface area contributed by atoms with Gasteiger partial charge in [0.15, 0.2) is 5.69 Å². The average Bonchev–Trinajstić information content (AvgIpc) is 2.75. The van der Waals surface area contributed by atoms with Gasteiger partial charge in [-0.1, -0.05) is 0 Å². The highest BCUT2D eigenvalue weighted by Gasteiger charge is 2.19. The van der Waals surface area contributed by atoms with Crippen LogP contribution < -0.4 is 10.5 Å². The van der Waals surface area contributed by atoms with Gasteiger partial charge in [-0.15, -0.1) is 0 Å². The van der Waals surface area contributed by atoms with Crippen molar-refractivity contribution in [1.82, 2.24) is 9.55 Å². The number of nitrogens with two attached hydrogens (primary N) is 1. The molecule has 2 aromatic rings. The minimum absolute atomic E-state index is 0.124. The quantitative estimate of drug-likeness (QED) is 0.863. The van der Waals surface area contributed by atoms with Crippen molar-refractivity contribution in [2.75, 3.05) is 19.5 Å². The molecule has 2 rings (SSSR count). The van der Waals surface area contributed by atoms with E-state index in [0.29, 0.717) is 12.4 Å². The van der Waals surface area contributed by atoms with Gasteiger partial charge in [-0.3, -0.25) is 4.57 Å². The Morgan fingerprint density at radius 3 is 2.55 bits per heavy atom. The van der Waals surface area contributed by atoms with E-state index in [1.165, 1.54) is 7.11 Å². The number of esters is 1. The molecule has 0 saturated carbocycles. The van der Waals surface area contributed by atoms with Crippen LogP contribution in [-0.2, 0) is 4.74 Å². The highest BCUT2D eigenvalue weighted by molar-refractivity contribution is 5.92. The number of carbonyl (C=O) groups excluding carboxylic acids is 1. The summed E-state index contributed by atoms with van der Waals surface area (Å²) in [7, 11) is 1.30. The summed E-state index contributed by atoms with van der Waals surface area (Å²) in [4.78, 5) is 15.7. The van der Waals surface area contributed by atoms with Crippen molar-refractivity contribution in [1.29, 1.82) is 0 Å². The molecule has 1 aromatic heterocycles. The lowest BCUT2D eigenvalue weighted by atomic mass is 10.3. The molecule has 0 aliphatic heterocycles. The van der Waals surface area contributed by atoms with E-state index in [-0.39, 0.29) is 11.5 Å². The number of aryl methyl sites for hydroxylation is 1. The van der Waals surface area contributed by atoms with Crippen molar-refractivity contribution in [3.8, 4) is 11.4 Å².